The fourth-order valence-electron chi connectivity index (χ4n) is 2.88. The Bertz CT molecular complexity index is 616. The molecule has 2 atom stereocenters. The minimum atomic E-state index is -0.837. The van der Waals surface area contributed by atoms with Crippen LogP contribution in [0.5, 0.6) is 5.75 Å². The van der Waals surface area contributed by atoms with E-state index in [1.807, 2.05) is 50.2 Å². The van der Waals surface area contributed by atoms with E-state index in [0.717, 1.165) is 29.7 Å². The van der Waals surface area contributed by atoms with E-state index in [9.17, 15) is 5.11 Å². The predicted molar refractivity (Wildman–Crippen MR) is 79.9 cm³/mol. The summed E-state index contributed by atoms with van der Waals surface area (Å²) >= 11 is 0. The van der Waals surface area contributed by atoms with Gasteiger partial charge in [-0.15, -0.1) is 0 Å². The summed E-state index contributed by atoms with van der Waals surface area (Å²) in [4.78, 5) is 0. The van der Waals surface area contributed by atoms with Gasteiger partial charge < -0.3 is 9.84 Å². The van der Waals surface area contributed by atoms with E-state index in [4.69, 9.17) is 4.74 Å². The Kier molecular flexibility index (Phi) is 3.27. The third kappa shape index (κ3) is 2.32. The molecule has 0 bridgehead atoms. The molecule has 2 aromatic rings. The molecule has 104 valence electrons. The van der Waals surface area contributed by atoms with Crippen molar-refractivity contribution in [2.24, 2.45) is 0 Å². The van der Waals surface area contributed by atoms with Gasteiger partial charge in [-0.2, -0.15) is 0 Å². The molecule has 0 spiro atoms. The highest BCUT2D eigenvalue weighted by Crippen LogP contribution is 2.40. The summed E-state index contributed by atoms with van der Waals surface area (Å²) in [6.45, 7) is 3.89. The van der Waals surface area contributed by atoms with E-state index in [1.54, 1.807) is 0 Å². The van der Waals surface area contributed by atoms with Crippen molar-refractivity contribution in [1.29, 1.82) is 0 Å². The second-order valence-corrected chi connectivity index (χ2v) is 5.82. The van der Waals surface area contributed by atoms with E-state index in [1.165, 1.54) is 5.56 Å². The van der Waals surface area contributed by atoms with Crippen LogP contribution in [-0.2, 0) is 6.42 Å². The minimum Gasteiger partial charge on any atom is -0.482 e. The monoisotopic (exact) mass is 268 g/mol. The number of para-hydroxylation sites is 1. The molecule has 2 aromatic carbocycles. The summed E-state index contributed by atoms with van der Waals surface area (Å²) < 4.78 is 6.18. The van der Waals surface area contributed by atoms with Crippen LogP contribution in [0, 0.1) is 6.92 Å². The molecule has 0 aromatic heterocycles. The molecule has 0 amide bonds. The first-order chi connectivity index (χ1) is 9.58. The van der Waals surface area contributed by atoms with Gasteiger partial charge in [-0.25, -0.2) is 0 Å². The first-order valence-corrected chi connectivity index (χ1v) is 7.10. The molecule has 0 unspecified atom stereocenters. The Hall–Kier alpha value is -1.80. The smallest absolute Gasteiger partial charge is 0.152 e. The maximum atomic E-state index is 10.7. The number of aryl methyl sites for hydroxylation is 2. The molecule has 0 radical (unpaired) electrons. The van der Waals surface area contributed by atoms with Crippen molar-refractivity contribution in [2.75, 3.05) is 0 Å². The van der Waals surface area contributed by atoms with Crippen LogP contribution in [0.4, 0.5) is 0 Å². The van der Waals surface area contributed by atoms with E-state index < -0.39 is 5.60 Å². The lowest BCUT2D eigenvalue weighted by Gasteiger charge is -2.38. The highest BCUT2D eigenvalue weighted by Gasteiger charge is 2.39. The van der Waals surface area contributed by atoms with Crippen LogP contribution in [0.3, 0.4) is 0 Å². The topological polar surface area (TPSA) is 29.5 Å². The first-order valence-electron chi connectivity index (χ1n) is 7.10. The van der Waals surface area contributed by atoms with Gasteiger partial charge >= 0.3 is 0 Å². The second-order valence-electron chi connectivity index (χ2n) is 5.82. The summed E-state index contributed by atoms with van der Waals surface area (Å²) in [5.41, 5.74) is 2.63. The molecule has 3 rings (SSSR count). The standard InChI is InChI=1S/C18H20O2/c1-13-7-3-6-10-16(13)20-17-15-9-5-4-8-14(15)11-12-18(17,2)19/h3-10,17,19H,11-12H2,1-2H3/t17-,18-/m1/s1. The minimum absolute atomic E-state index is 0.312. The number of rotatable bonds is 2. The molecule has 0 saturated heterocycles. The molecular formula is C18H20O2. The number of fused-ring (bicyclic) bond motifs is 1. The number of aliphatic hydroxyl groups is 1. The first kappa shape index (κ1) is 13.2. The molecule has 1 N–H and O–H groups in total. The molecular weight excluding hydrogens is 248 g/mol. The van der Waals surface area contributed by atoms with Crippen molar-refractivity contribution in [3.05, 3.63) is 65.2 Å². The zero-order valence-electron chi connectivity index (χ0n) is 12.0. The van der Waals surface area contributed by atoms with Crippen LogP contribution in [0.15, 0.2) is 48.5 Å². The van der Waals surface area contributed by atoms with E-state index in [-0.39, 0.29) is 6.10 Å². The summed E-state index contributed by atoms with van der Waals surface area (Å²) in [6, 6.07) is 16.2. The van der Waals surface area contributed by atoms with Crippen LogP contribution in [-0.4, -0.2) is 10.7 Å². The van der Waals surface area contributed by atoms with Crippen LogP contribution < -0.4 is 4.74 Å². The highest BCUT2D eigenvalue weighted by atomic mass is 16.5. The zero-order valence-corrected chi connectivity index (χ0v) is 12.0. The van der Waals surface area contributed by atoms with Gasteiger partial charge in [-0.05, 0) is 49.4 Å². The number of ether oxygens (including phenoxy) is 1. The van der Waals surface area contributed by atoms with Gasteiger partial charge in [0.05, 0.1) is 0 Å². The van der Waals surface area contributed by atoms with Crippen molar-refractivity contribution >= 4 is 0 Å². The Balaban J connectivity index is 2.00. The largest absolute Gasteiger partial charge is 0.482 e. The predicted octanol–water partition coefficient (Wildman–Crippen LogP) is 3.81. The van der Waals surface area contributed by atoms with E-state index in [2.05, 4.69) is 12.1 Å². The molecule has 2 heteroatoms. The van der Waals surface area contributed by atoms with Crippen LogP contribution in [0.25, 0.3) is 0 Å². The van der Waals surface area contributed by atoms with Crippen LogP contribution in [0.1, 0.15) is 36.1 Å². The molecule has 0 fully saturated rings. The number of benzene rings is 2. The van der Waals surface area contributed by atoms with E-state index in [0.29, 0.717) is 0 Å². The van der Waals surface area contributed by atoms with Crippen LogP contribution >= 0.6 is 0 Å². The Labute approximate surface area is 120 Å². The lowest BCUT2D eigenvalue weighted by atomic mass is 9.79. The average Bonchev–Trinajstić information content (AvgIpc) is 2.44. The average molecular weight is 268 g/mol. The van der Waals surface area contributed by atoms with Gasteiger partial charge in [0.2, 0.25) is 0 Å². The normalized spacial score (nSPS) is 25.1. The second kappa shape index (κ2) is 4.95. The molecule has 1 aliphatic carbocycles. The lowest BCUT2D eigenvalue weighted by Crippen LogP contribution is -2.40. The Morgan fingerprint density at radius 1 is 1.10 bits per heavy atom. The van der Waals surface area contributed by atoms with Crippen LogP contribution in [0.2, 0.25) is 0 Å². The van der Waals surface area contributed by atoms with Crippen molar-refractivity contribution in [3.63, 3.8) is 0 Å². The number of hydrogen-bond donors (Lipinski definition) is 1. The number of hydrogen-bond acceptors (Lipinski definition) is 2. The molecule has 0 aliphatic heterocycles. The third-order valence-electron chi connectivity index (χ3n) is 4.14. The van der Waals surface area contributed by atoms with Gasteiger partial charge in [-0.3, -0.25) is 0 Å². The van der Waals surface area contributed by atoms with Gasteiger partial charge in [0.25, 0.3) is 0 Å². The molecule has 0 heterocycles. The SMILES string of the molecule is Cc1ccccc1O[C@@H]1c2ccccc2CC[C@@]1(C)O. The quantitative estimate of drug-likeness (QED) is 0.897. The molecule has 2 nitrogen and oxygen atoms in total. The van der Waals surface area contributed by atoms with Crippen molar-refractivity contribution in [3.8, 4) is 5.75 Å². The molecule has 0 saturated carbocycles. The molecule has 1 aliphatic rings. The Morgan fingerprint density at radius 3 is 2.60 bits per heavy atom. The van der Waals surface area contributed by atoms with Gasteiger partial charge in [-0.1, -0.05) is 42.5 Å². The summed E-state index contributed by atoms with van der Waals surface area (Å²) in [6.07, 6.45) is 1.31. The zero-order chi connectivity index (χ0) is 14.2. The van der Waals surface area contributed by atoms with Gasteiger partial charge in [0.1, 0.15) is 11.4 Å². The van der Waals surface area contributed by atoms with Gasteiger partial charge in [0, 0.05) is 0 Å². The Morgan fingerprint density at radius 2 is 1.80 bits per heavy atom. The summed E-state index contributed by atoms with van der Waals surface area (Å²) in [5.74, 6) is 0.842. The maximum absolute atomic E-state index is 10.7. The van der Waals surface area contributed by atoms with Gasteiger partial charge in [0.15, 0.2) is 6.10 Å². The van der Waals surface area contributed by atoms with Crippen molar-refractivity contribution in [1.82, 2.24) is 0 Å². The van der Waals surface area contributed by atoms with Crippen molar-refractivity contribution in [2.45, 2.75) is 38.4 Å². The summed E-state index contributed by atoms with van der Waals surface area (Å²) in [7, 11) is 0. The van der Waals surface area contributed by atoms with E-state index >= 15 is 0 Å². The maximum Gasteiger partial charge on any atom is 0.152 e. The lowest BCUT2D eigenvalue weighted by molar-refractivity contribution is -0.0622. The fourth-order valence-corrected chi connectivity index (χ4v) is 2.88. The highest BCUT2D eigenvalue weighted by molar-refractivity contribution is 5.37. The van der Waals surface area contributed by atoms with Crippen molar-refractivity contribution < 1.29 is 9.84 Å². The fraction of sp³-hybridized carbons (Fsp3) is 0.333. The summed E-state index contributed by atoms with van der Waals surface area (Å²) in [5, 5.41) is 10.7. The third-order valence-corrected chi connectivity index (χ3v) is 4.14. The molecule has 20 heavy (non-hydrogen) atoms.